The summed E-state index contributed by atoms with van der Waals surface area (Å²) in [5, 5.41) is 19.7. The average Bonchev–Trinajstić information content (AvgIpc) is 3.01. The van der Waals surface area contributed by atoms with Crippen molar-refractivity contribution in [2.24, 2.45) is 0 Å². The minimum Gasteiger partial charge on any atom is -0.502 e. The van der Waals surface area contributed by atoms with Gasteiger partial charge in [0, 0.05) is 28.5 Å². The number of aromatic nitrogens is 1. The molecule has 0 saturated carbocycles. The highest BCUT2D eigenvalue weighted by Gasteiger charge is 2.29. The van der Waals surface area contributed by atoms with E-state index in [0.717, 1.165) is 32.8 Å². The first-order chi connectivity index (χ1) is 16.8. The van der Waals surface area contributed by atoms with Gasteiger partial charge >= 0.3 is 5.97 Å². The number of aromatic hydroxyl groups is 1. The third-order valence-corrected chi connectivity index (χ3v) is 6.99. The first-order valence-corrected chi connectivity index (χ1v) is 11.6. The minimum absolute atomic E-state index is 0.145. The fourth-order valence-electron chi connectivity index (χ4n) is 4.17. The van der Waals surface area contributed by atoms with Crippen LogP contribution in [0.2, 0.25) is 0 Å². The molecule has 1 aliphatic heterocycles. The van der Waals surface area contributed by atoms with Gasteiger partial charge in [-0.1, -0.05) is 48.5 Å². The van der Waals surface area contributed by atoms with E-state index in [-0.39, 0.29) is 11.3 Å². The van der Waals surface area contributed by atoms with Crippen LogP contribution in [0.3, 0.4) is 0 Å². The third-order valence-electron chi connectivity index (χ3n) is 5.89. The molecule has 176 valence electrons. The van der Waals surface area contributed by atoms with Crippen LogP contribution in [0, 0.1) is 11.6 Å². The molecule has 9 heteroatoms. The molecule has 0 bridgehead atoms. The van der Waals surface area contributed by atoms with E-state index in [9.17, 15) is 28.6 Å². The monoisotopic (exact) mass is 492 g/mol. The van der Waals surface area contributed by atoms with Crippen molar-refractivity contribution in [1.82, 2.24) is 4.68 Å². The molecule has 1 unspecified atom stereocenters. The topological polar surface area (TPSA) is 91.6 Å². The van der Waals surface area contributed by atoms with Gasteiger partial charge < -0.3 is 15.6 Å². The fraction of sp³-hybridized carbons (Fsp3) is 0.0769. The second-order valence-corrected chi connectivity index (χ2v) is 8.97. The van der Waals surface area contributed by atoms with Crippen molar-refractivity contribution in [2.75, 3.05) is 5.43 Å². The van der Waals surface area contributed by atoms with Crippen LogP contribution < -0.4 is 10.9 Å². The summed E-state index contributed by atoms with van der Waals surface area (Å²) in [4.78, 5) is 24.5. The molecule has 5 rings (SSSR count). The van der Waals surface area contributed by atoms with E-state index >= 15 is 0 Å². The van der Waals surface area contributed by atoms with Crippen molar-refractivity contribution in [3.05, 3.63) is 117 Å². The first kappa shape index (κ1) is 22.7. The minimum atomic E-state index is -1.53. The molecule has 3 aromatic carbocycles. The zero-order chi connectivity index (χ0) is 24.7. The van der Waals surface area contributed by atoms with Crippen LogP contribution in [0.5, 0.6) is 5.75 Å². The molecule has 1 aliphatic rings. The second-order valence-electron chi connectivity index (χ2n) is 7.95. The van der Waals surface area contributed by atoms with Gasteiger partial charge in [0.1, 0.15) is 0 Å². The number of fused-ring (bicyclic) bond motifs is 2. The Bertz CT molecular complexity index is 1520. The van der Waals surface area contributed by atoms with Crippen LogP contribution in [-0.2, 0) is 5.75 Å². The molecule has 0 amide bonds. The van der Waals surface area contributed by atoms with Crippen LogP contribution in [-0.4, -0.2) is 20.9 Å². The number of rotatable bonds is 4. The number of carboxylic acid groups (broad SMARTS) is 1. The van der Waals surface area contributed by atoms with E-state index in [0.29, 0.717) is 11.1 Å². The summed E-state index contributed by atoms with van der Waals surface area (Å²) in [6, 6.07) is 18.1. The Hall–Kier alpha value is -4.11. The summed E-state index contributed by atoms with van der Waals surface area (Å²) in [6.45, 7) is 0. The van der Waals surface area contributed by atoms with E-state index in [1.54, 1.807) is 0 Å². The summed E-state index contributed by atoms with van der Waals surface area (Å²) in [6.07, 6.45) is 1.18. The lowest BCUT2D eigenvalue weighted by molar-refractivity contribution is 0.0681. The molecule has 6 nitrogen and oxygen atoms in total. The maximum atomic E-state index is 14.9. The number of nitrogens with zero attached hydrogens (tertiary/aromatic N) is 1. The number of carboxylic acids is 1. The number of halogens is 2. The van der Waals surface area contributed by atoms with Gasteiger partial charge in [0.25, 0.3) is 0 Å². The molecule has 0 spiro atoms. The third kappa shape index (κ3) is 4.04. The van der Waals surface area contributed by atoms with E-state index in [2.05, 4.69) is 5.43 Å². The Morgan fingerprint density at radius 2 is 1.74 bits per heavy atom. The summed E-state index contributed by atoms with van der Waals surface area (Å²) in [5.74, 6) is -4.25. The molecule has 2 heterocycles. The Morgan fingerprint density at radius 3 is 2.49 bits per heavy atom. The van der Waals surface area contributed by atoms with Crippen molar-refractivity contribution in [2.45, 2.75) is 16.7 Å². The van der Waals surface area contributed by atoms with Gasteiger partial charge in [-0.15, -0.1) is 11.8 Å². The lowest BCUT2D eigenvalue weighted by Crippen LogP contribution is -2.29. The van der Waals surface area contributed by atoms with Gasteiger partial charge in [-0.2, -0.15) is 0 Å². The summed E-state index contributed by atoms with van der Waals surface area (Å²) in [7, 11) is 0. The SMILES string of the molecule is O=C(O)c1c(O)c(=O)ccn1NC1c2ccc(-c3ccccc3)cc2SCc2c1ccc(F)c2F. The largest absolute Gasteiger partial charge is 0.502 e. The molecule has 0 aliphatic carbocycles. The maximum Gasteiger partial charge on any atom is 0.358 e. The molecule has 35 heavy (non-hydrogen) atoms. The lowest BCUT2D eigenvalue weighted by Gasteiger charge is -2.25. The number of thioether (sulfide) groups is 1. The molecular weight excluding hydrogens is 474 g/mol. The van der Waals surface area contributed by atoms with Gasteiger partial charge in [0.15, 0.2) is 23.1 Å². The van der Waals surface area contributed by atoms with Crippen molar-refractivity contribution in [1.29, 1.82) is 0 Å². The van der Waals surface area contributed by atoms with Crippen LogP contribution in [0.25, 0.3) is 11.1 Å². The van der Waals surface area contributed by atoms with Gasteiger partial charge in [0.05, 0.1) is 6.04 Å². The first-order valence-electron chi connectivity index (χ1n) is 10.6. The zero-order valence-electron chi connectivity index (χ0n) is 18.0. The lowest BCUT2D eigenvalue weighted by atomic mass is 9.93. The summed E-state index contributed by atoms with van der Waals surface area (Å²) in [5.41, 5.74) is 4.65. The molecule has 1 atom stereocenters. The van der Waals surface area contributed by atoms with Crippen molar-refractivity contribution in [3.63, 3.8) is 0 Å². The van der Waals surface area contributed by atoms with Gasteiger partial charge in [-0.25, -0.2) is 13.6 Å². The van der Waals surface area contributed by atoms with Gasteiger partial charge in [-0.05, 0) is 34.4 Å². The van der Waals surface area contributed by atoms with Crippen molar-refractivity contribution < 1.29 is 23.8 Å². The maximum absolute atomic E-state index is 14.9. The van der Waals surface area contributed by atoms with E-state index in [1.165, 1.54) is 24.0 Å². The normalized spacial score (nSPS) is 14.5. The average molecular weight is 493 g/mol. The predicted octanol–water partition coefficient (Wildman–Crippen LogP) is 5.14. The van der Waals surface area contributed by atoms with Crippen molar-refractivity contribution >= 4 is 17.7 Å². The van der Waals surface area contributed by atoms with Crippen LogP contribution in [0.15, 0.2) is 82.6 Å². The summed E-state index contributed by atoms with van der Waals surface area (Å²) < 4.78 is 30.0. The Morgan fingerprint density at radius 1 is 1.00 bits per heavy atom. The number of hydrogen-bond acceptors (Lipinski definition) is 5. The molecule has 0 fully saturated rings. The van der Waals surface area contributed by atoms with Crippen molar-refractivity contribution in [3.8, 4) is 16.9 Å². The molecule has 4 aromatic rings. The highest BCUT2D eigenvalue weighted by Crippen LogP contribution is 2.42. The number of pyridine rings is 1. The smallest absolute Gasteiger partial charge is 0.358 e. The number of carbonyl (C=O) groups is 1. The Balaban J connectivity index is 1.69. The number of aromatic carboxylic acids is 1. The number of hydrogen-bond donors (Lipinski definition) is 3. The van der Waals surface area contributed by atoms with Crippen LogP contribution >= 0.6 is 11.8 Å². The van der Waals surface area contributed by atoms with Gasteiger partial charge in [-0.3, -0.25) is 9.47 Å². The highest BCUT2D eigenvalue weighted by molar-refractivity contribution is 7.98. The molecule has 0 radical (unpaired) electrons. The van der Waals surface area contributed by atoms with Crippen LogP contribution in [0.4, 0.5) is 8.78 Å². The molecule has 3 N–H and O–H groups in total. The molecule has 0 saturated heterocycles. The van der Waals surface area contributed by atoms with E-state index < -0.39 is 40.5 Å². The van der Waals surface area contributed by atoms with Crippen LogP contribution in [0.1, 0.15) is 33.2 Å². The fourth-order valence-corrected chi connectivity index (χ4v) is 5.32. The Kier molecular flexibility index (Phi) is 5.78. The molecular formula is C26H18F2N2O4S. The standard InChI is InChI=1S/C26H18F2N2O4S/c27-19-9-8-16-18(22(19)28)13-35-21-12-15(14-4-2-1-3-5-14)6-7-17(21)23(16)29-30-11-10-20(31)25(32)24(30)26(33)34/h1-12,23,29,32H,13H2,(H,33,34). The number of benzene rings is 3. The summed E-state index contributed by atoms with van der Waals surface area (Å²) >= 11 is 1.34. The predicted molar refractivity (Wildman–Crippen MR) is 128 cm³/mol. The van der Waals surface area contributed by atoms with Gasteiger partial charge in [0.2, 0.25) is 5.43 Å². The quantitative estimate of drug-likeness (QED) is 0.366. The van der Waals surface area contributed by atoms with E-state index in [4.69, 9.17) is 0 Å². The zero-order valence-corrected chi connectivity index (χ0v) is 18.9. The number of nitrogens with one attached hydrogen (secondary N) is 1. The second kappa shape index (κ2) is 8.92. The highest BCUT2D eigenvalue weighted by atomic mass is 32.2. The molecule has 1 aromatic heterocycles. The Labute approximate surface area is 202 Å². The van der Waals surface area contributed by atoms with E-state index in [1.807, 2.05) is 48.5 Å².